The normalized spacial score (nSPS) is 9.43. The first-order valence-electron chi connectivity index (χ1n) is 2.71. The van der Waals surface area contributed by atoms with Gasteiger partial charge in [-0.3, -0.25) is 0 Å². The Kier molecular flexibility index (Phi) is 6.83. The molecule has 6 radical (unpaired) electrons. The smallest absolute Gasteiger partial charge is 0.0222 e. The summed E-state index contributed by atoms with van der Waals surface area (Å²) in [5, 5.41) is 0. The van der Waals surface area contributed by atoms with E-state index in [1.807, 2.05) is 0 Å². The monoisotopic (exact) mass is 126 g/mol. The van der Waals surface area contributed by atoms with Crippen LogP contribution in [0.15, 0.2) is 0 Å². The van der Waals surface area contributed by atoms with Gasteiger partial charge in [-0.1, -0.05) is 31.4 Å². The molecular weight excluding hydrogens is 116 g/mol. The maximum absolute atomic E-state index is 3.41. The average Bonchev–Trinajstić information content (AvgIpc) is 1.69. The average molecular weight is 126 g/mol. The fourth-order valence-electron chi connectivity index (χ4n) is 0.427. The molecule has 0 saturated heterocycles. The summed E-state index contributed by atoms with van der Waals surface area (Å²) in [6.45, 7) is 0. The Labute approximate surface area is 52.5 Å². The van der Waals surface area contributed by atoms with Crippen LogP contribution in [0.25, 0.3) is 0 Å². The van der Waals surface area contributed by atoms with Crippen molar-refractivity contribution in [3.8, 4) is 0 Å². The molecule has 2 heteroatoms. The predicted octanol–water partition coefficient (Wildman–Crippen LogP) is 1.33. The topological polar surface area (TPSA) is 0 Å². The second kappa shape index (κ2) is 6.43. The summed E-state index contributed by atoms with van der Waals surface area (Å²) < 4.78 is 0. The van der Waals surface area contributed by atoms with E-state index >= 15 is 0 Å². The molecular formula is C5H10Si2. The first kappa shape index (κ1) is 7.43. The van der Waals surface area contributed by atoms with Crippen LogP contribution < -0.4 is 0 Å². The third-order valence-corrected chi connectivity index (χ3v) is 1.56. The maximum Gasteiger partial charge on any atom is 0.0222 e. The van der Waals surface area contributed by atoms with E-state index in [9.17, 15) is 0 Å². The standard InChI is InChI=1S/C5H10Si2/c6-4-2-1-3-5-7/h1-5H2. The van der Waals surface area contributed by atoms with Gasteiger partial charge in [-0.05, 0) is 0 Å². The van der Waals surface area contributed by atoms with Gasteiger partial charge in [0, 0.05) is 20.5 Å². The fraction of sp³-hybridized carbons (Fsp3) is 1.00. The van der Waals surface area contributed by atoms with E-state index in [-0.39, 0.29) is 0 Å². The van der Waals surface area contributed by atoms with Gasteiger partial charge in [0.2, 0.25) is 0 Å². The lowest BCUT2D eigenvalue weighted by molar-refractivity contribution is 0.770. The highest BCUT2D eigenvalue weighted by molar-refractivity contribution is 6.08. The number of hydrogen-bond donors (Lipinski definition) is 0. The second-order valence-corrected chi connectivity index (χ2v) is 2.56. The van der Waals surface area contributed by atoms with Crippen molar-refractivity contribution in [3.63, 3.8) is 0 Å². The minimum absolute atomic E-state index is 1.15. The molecule has 0 heterocycles. The second-order valence-electron chi connectivity index (χ2n) is 1.56. The number of rotatable bonds is 4. The molecule has 0 nitrogen and oxygen atoms in total. The van der Waals surface area contributed by atoms with Gasteiger partial charge in [-0.25, -0.2) is 0 Å². The van der Waals surface area contributed by atoms with E-state index < -0.39 is 0 Å². The SMILES string of the molecule is [Si]CCCCC[Si]. The first-order valence-corrected chi connectivity index (χ1v) is 4.12. The lowest BCUT2D eigenvalue weighted by Crippen LogP contribution is -1.74. The van der Waals surface area contributed by atoms with Crippen molar-refractivity contribution < 1.29 is 0 Å². The zero-order valence-electron chi connectivity index (χ0n) is 4.54. The summed E-state index contributed by atoms with van der Waals surface area (Å²) in [7, 11) is 6.81. The molecule has 38 valence electrons. The van der Waals surface area contributed by atoms with E-state index in [0.717, 1.165) is 12.1 Å². The molecule has 0 aromatic heterocycles. The summed E-state index contributed by atoms with van der Waals surface area (Å²) >= 11 is 0. The summed E-state index contributed by atoms with van der Waals surface area (Å²) in [6, 6.07) is 2.29. The van der Waals surface area contributed by atoms with Crippen LogP contribution in [0.5, 0.6) is 0 Å². The zero-order chi connectivity index (χ0) is 5.54. The van der Waals surface area contributed by atoms with E-state index in [1.54, 1.807) is 0 Å². The van der Waals surface area contributed by atoms with Crippen LogP contribution in [0.4, 0.5) is 0 Å². The highest BCUT2D eigenvalue weighted by atomic mass is 28.1. The van der Waals surface area contributed by atoms with Crippen LogP contribution in [0, 0.1) is 0 Å². The Morgan fingerprint density at radius 1 is 0.714 bits per heavy atom. The summed E-state index contributed by atoms with van der Waals surface area (Å²) in [6.07, 6.45) is 3.95. The molecule has 7 heavy (non-hydrogen) atoms. The molecule has 0 aliphatic carbocycles. The minimum atomic E-state index is 1.15. The van der Waals surface area contributed by atoms with Crippen molar-refractivity contribution in [2.75, 3.05) is 0 Å². The van der Waals surface area contributed by atoms with Gasteiger partial charge in [0.15, 0.2) is 0 Å². The van der Waals surface area contributed by atoms with Crippen molar-refractivity contribution in [3.05, 3.63) is 0 Å². The molecule has 0 aliphatic rings. The fourth-order valence-corrected chi connectivity index (χ4v) is 0.927. The zero-order valence-corrected chi connectivity index (χ0v) is 6.54. The highest BCUT2D eigenvalue weighted by Gasteiger charge is 1.80. The highest BCUT2D eigenvalue weighted by Crippen LogP contribution is 1.98. The number of hydrogen-bond acceptors (Lipinski definition) is 0. The molecule has 0 bridgehead atoms. The molecule has 0 aliphatic heterocycles. The molecule has 0 spiro atoms. The molecule has 0 atom stereocenters. The molecule has 0 unspecified atom stereocenters. The lowest BCUT2D eigenvalue weighted by Gasteiger charge is -1.90. The Bertz CT molecular complexity index is 25.3. The van der Waals surface area contributed by atoms with E-state index in [4.69, 9.17) is 0 Å². The molecule has 0 saturated carbocycles. The van der Waals surface area contributed by atoms with Crippen molar-refractivity contribution in [2.24, 2.45) is 0 Å². The van der Waals surface area contributed by atoms with E-state index in [2.05, 4.69) is 20.5 Å². The van der Waals surface area contributed by atoms with Gasteiger partial charge < -0.3 is 0 Å². The van der Waals surface area contributed by atoms with Crippen molar-refractivity contribution >= 4 is 20.5 Å². The van der Waals surface area contributed by atoms with Gasteiger partial charge >= 0.3 is 0 Å². The molecule has 0 aromatic carbocycles. The van der Waals surface area contributed by atoms with Crippen LogP contribution in [0.3, 0.4) is 0 Å². The number of unbranched alkanes of at least 4 members (excludes halogenated alkanes) is 2. The van der Waals surface area contributed by atoms with Gasteiger partial charge in [-0.15, -0.1) is 0 Å². The Balaban J connectivity index is 2.45. The van der Waals surface area contributed by atoms with Gasteiger partial charge in [0.1, 0.15) is 0 Å². The third-order valence-electron chi connectivity index (χ3n) is 0.854. The minimum Gasteiger partial charge on any atom is -0.0638 e. The first-order chi connectivity index (χ1) is 3.41. The molecule has 0 amide bonds. The maximum atomic E-state index is 3.41. The largest absolute Gasteiger partial charge is 0.0638 e. The van der Waals surface area contributed by atoms with Gasteiger partial charge in [-0.2, -0.15) is 0 Å². The summed E-state index contributed by atoms with van der Waals surface area (Å²) in [5.41, 5.74) is 0. The van der Waals surface area contributed by atoms with Gasteiger partial charge in [0.25, 0.3) is 0 Å². The van der Waals surface area contributed by atoms with Crippen LogP contribution in [-0.4, -0.2) is 20.5 Å². The predicted molar refractivity (Wildman–Crippen MR) is 35.0 cm³/mol. The van der Waals surface area contributed by atoms with Crippen LogP contribution in [-0.2, 0) is 0 Å². The Morgan fingerprint density at radius 2 is 1.14 bits per heavy atom. The lowest BCUT2D eigenvalue weighted by atomic mass is 10.3. The van der Waals surface area contributed by atoms with E-state index in [1.165, 1.54) is 19.3 Å². The molecule has 0 fully saturated rings. The molecule has 0 aromatic rings. The third kappa shape index (κ3) is 6.43. The van der Waals surface area contributed by atoms with Gasteiger partial charge in [0.05, 0.1) is 0 Å². The molecule has 0 rings (SSSR count). The summed E-state index contributed by atoms with van der Waals surface area (Å²) in [5.74, 6) is 0. The Morgan fingerprint density at radius 3 is 1.43 bits per heavy atom. The van der Waals surface area contributed by atoms with Crippen molar-refractivity contribution in [2.45, 2.75) is 31.4 Å². The molecule has 0 N–H and O–H groups in total. The Hall–Kier alpha value is 0.434. The van der Waals surface area contributed by atoms with Crippen LogP contribution >= 0.6 is 0 Å². The summed E-state index contributed by atoms with van der Waals surface area (Å²) in [4.78, 5) is 0. The van der Waals surface area contributed by atoms with Crippen molar-refractivity contribution in [1.29, 1.82) is 0 Å². The van der Waals surface area contributed by atoms with Crippen molar-refractivity contribution in [1.82, 2.24) is 0 Å². The quantitative estimate of drug-likeness (QED) is 0.394. The van der Waals surface area contributed by atoms with Crippen LogP contribution in [0.2, 0.25) is 12.1 Å². The van der Waals surface area contributed by atoms with Crippen LogP contribution in [0.1, 0.15) is 19.3 Å². The van der Waals surface area contributed by atoms with E-state index in [0.29, 0.717) is 0 Å².